The van der Waals surface area contributed by atoms with Gasteiger partial charge in [-0.2, -0.15) is 11.8 Å². The number of hydrogen-bond donors (Lipinski definition) is 2. The SMILES string of the molecule is CCCNC1CCC(O)(C2CCOC3(CCSC3)C2)CC1. The van der Waals surface area contributed by atoms with Crippen molar-refractivity contribution in [2.75, 3.05) is 24.7 Å². The van der Waals surface area contributed by atoms with E-state index in [1.165, 1.54) is 18.6 Å². The molecule has 0 aromatic heterocycles. The molecule has 2 atom stereocenters. The van der Waals surface area contributed by atoms with Gasteiger partial charge >= 0.3 is 0 Å². The molecule has 2 saturated heterocycles. The zero-order valence-corrected chi connectivity index (χ0v) is 14.2. The Morgan fingerprint density at radius 2 is 2.05 bits per heavy atom. The molecular weight excluding hydrogens is 282 g/mol. The van der Waals surface area contributed by atoms with Crippen molar-refractivity contribution in [3.63, 3.8) is 0 Å². The lowest BCUT2D eigenvalue weighted by Gasteiger charge is -2.47. The minimum atomic E-state index is -0.422. The molecule has 3 aliphatic rings. The van der Waals surface area contributed by atoms with E-state index in [0.717, 1.165) is 57.4 Å². The fourth-order valence-electron chi connectivity index (χ4n) is 4.43. The molecule has 1 spiro atoms. The lowest BCUT2D eigenvalue weighted by Crippen LogP contribution is -2.51. The van der Waals surface area contributed by atoms with Crippen molar-refractivity contribution in [2.45, 2.75) is 75.5 Å². The van der Waals surface area contributed by atoms with Crippen LogP contribution in [0.3, 0.4) is 0 Å². The van der Waals surface area contributed by atoms with E-state index in [4.69, 9.17) is 4.74 Å². The highest BCUT2D eigenvalue weighted by Crippen LogP contribution is 2.47. The van der Waals surface area contributed by atoms with Crippen molar-refractivity contribution in [3.05, 3.63) is 0 Å². The van der Waals surface area contributed by atoms with Crippen LogP contribution >= 0.6 is 11.8 Å². The van der Waals surface area contributed by atoms with Gasteiger partial charge < -0.3 is 15.2 Å². The Hall–Kier alpha value is 0.230. The molecule has 4 heteroatoms. The molecule has 2 aliphatic heterocycles. The van der Waals surface area contributed by atoms with Crippen LogP contribution in [-0.2, 0) is 4.74 Å². The first-order valence-corrected chi connectivity index (χ1v) is 9.99. The van der Waals surface area contributed by atoms with Gasteiger partial charge in [0.2, 0.25) is 0 Å². The summed E-state index contributed by atoms with van der Waals surface area (Å²) in [4.78, 5) is 0. The second kappa shape index (κ2) is 6.77. The highest BCUT2D eigenvalue weighted by molar-refractivity contribution is 7.99. The second-order valence-electron chi connectivity index (χ2n) is 7.36. The van der Waals surface area contributed by atoms with Gasteiger partial charge in [0.05, 0.1) is 11.2 Å². The van der Waals surface area contributed by atoms with Crippen molar-refractivity contribution in [1.82, 2.24) is 5.32 Å². The van der Waals surface area contributed by atoms with Crippen LogP contribution < -0.4 is 5.32 Å². The van der Waals surface area contributed by atoms with Crippen LogP contribution in [0.5, 0.6) is 0 Å². The minimum Gasteiger partial charge on any atom is -0.390 e. The number of hydrogen-bond acceptors (Lipinski definition) is 4. The van der Waals surface area contributed by atoms with Crippen LogP contribution in [0.15, 0.2) is 0 Å². The summed E-state index contributed by atoms with van der Waals surface area (Å²) in [5.41, 5.74) is -0.324. The Morgan fingerprint density at radius 3 is 2.71 bits per heavy atom. The third-order valence-corrected chi connectivity index (χ3v) is 7.08. The highest BCUT2D eigenvalue weighted by Gasteiger charge is 2.48. The fourth-order valence-corrected chi connectivity index (χ4v) is 5.81. The predicted octanol–water partition coefficient (Wildman–Crippen LogP) is 2.96. The third kappa shape index (κ3) is 3.60. The van der Waals surface area contributed by atoms with Gasteiger partial charge in [0.1, 0.15) is 0 Å². The first-order valence-electron chi connectivity index (χ1n) is 8.83. The topological polar surface area (TPSA) is 41.5 Å². The van der Waals surface area contributed by atoms with Crippen molar-refractivity contribution < 1.29 is 9.84 Å². The molecule has 2 N–H and O–H groups in total. The molecule has 0 aromatic carbocycles. The summed E-state index contributed by atoms with van der Waals surface area (Å²) in [7, 11) is 0. The van der Waals surface area contributed by atoms with E-state index >= 15 is 0 Å². The van der Waals surface area contributed by atoms with Gasteiger partial charge in [-0.3, -0.25) is 0 Å². The molecule has 0 aromatic rings. The zero-order valence-electron chi connectivity index (χ0n) is 13.4. The van der Waals surface area contributed by atoms with Crippen LogP contribution in [-0.4, -0.2) is 47.0 Å². The van der Waals surface area contributed by atoms with Gasteiger partial charge in [0.25, 0.3) is 0 Å². The van der Waals surface area contributed by atoms with E-state index in [9.17, 15) is 5.11 Å². The Kier molecular flexibility index (Phi) is 5.19. The second-order valence-corrected chi connectivity index (χ2v) is 8.46. The van der Waals surface area contributed by atoms with E-state index in [-0.39, 0.29) is 5.60 Å². The van der Waals surface area contributed by atoms with Crippen LogP contribution in [0.4, 0.5) is 0 Å². The van der Waals surface area contributed by atoms with Gasteiger partial charge in [0.15, 0.2) is 0 Å². The van der Waals surface area contributed by atoms with Crippen molar-refractivity contribution >= 4 is 11.8 Å². The van der Waals surface area contributed by atoms with Crippen LogP contribution in [0.25, 0.3) is 0 Å². The third-order valence-electron chi connectivity index (χ3n) is 5.85. The first-order chi connectivity index (χ1) is 10.2. The number of aliphatic hydroxyl groups is 1. The van der Waals surface area contributed by atoms with Gasteiger partial charge in [-0.1, -0.05) is 6.92 Å². The van der Waals surface area contributed by atoms with Crippen LogP contribution in [0.2, 0.25) is 0 Å². The molecule has 3 rings (SSSR count). The van der Waals surface area contributed by atoms with E-state index in [1.54, 1.807) is 0 Å². The zero-order chi connectivity index (χ0) is 14.8. The molecule has 3 nitrogen and oxygen atoms in total. The molecule has 0 amide bonds. The molecule has 21 heavy (non-hydrogen) atoms. The molecule has 0 radical (unpaired) electrons. The number of rotatable bonds is 4. The Labute approximate surface area is 133 Å². The van der Waals surface area contributed by atoms with E-state index in [1.807, 2.05) is 11.8 Å². The monoisotopic (exact) mass is 313 g/mol. The summed E-state index contributed by atoms with van der Waals surface area (Å²) in [6.45, 7) is 4.18. The average molecular weight is 314 g/mol. The van der Waals surface area contributed by atoms with Gasteiger partial charge in [-0.05, 0) is 69.6 Å². The predicted molar refractivity (Wildman–Crippen MR) is 88.8 cm³/mol. The summed E-state index contributed by atoms with van der Waals surface area (Å²) >= 11 is 2.02. The van der Waals surface area contributed by atoms with Gasteiger partial charge in [-0.15, -0.1) is 0 Å². The molecule has 3 fully saturated rings. The van der Waals surface area contributed by atoms with Crippen molar-refractivity contribution in [2.24, 2.45) is 5.92 Å². The Morgan fingerprint density at radius 1 is 1.24 bits per heavy atom. The highest BCUT2D eigenvalue weighted by atomic mass is 32.2. The molecule has 2 heterocycles. The number of ether oxygens (including phenoxy) is 1. The maximum Gasteiger partial charge on any atom is 0.0784 e. The normalized spacial score (nSPS) is 44.3. The molecule has 1 aliphatic carbocycles. The maximum atomic E-state index is 11.2. The van der Waals surface area contributed by atoms with Crippen LogP contribution in [0.1, 0.15) is 58.3 Å². The van der Waals surface area contributed by atoms with Gasteiger partial charge in [-0.25, -0.2) is 0 Å². The molecule has 122 valence electrons. The Bertz CT molecular complexity index is 336. The summed E-state index contributed by atoms with van der Waals surface area (Å²) in [5.74, 6) is 2.83. The van der Waals surface area contributed by atoms with Crippen LogP contribution in [0, 0.1) is 5.92 Å². The van der Waals surface area contributed by atoms with Crippen molar-refractivity contribution in [1.29, 1.82) is 0 Å². The minimum absolute atomic E-state index is 0.0978. The van der Waals surface area contributed by atoms with Gasteiger partial charge in [0, 0.05) is 18.4 Å². The molecular formula is C17H31NO2S. The van der Waals surface area contributed by atoms with E-state index in [0.29, 0.717) is 12.0 Å². The smallest absolute Gasteiger partial charge is 0.0784 e. The molecule has 2 unspecified atom stereocenters. The lowest BCUT2D eigenvalue weighted by molar-refractivity contribution is -0.143. The standard InChI is InChI=1S/C17H31NO2S/c1-2-9-18-15-3-6-17(19,7-4-15)14-5-10-20-16(12-14)8-11-21-13-16/h14-15,18-19H,2-13H2,1H3. The maximum absolute atomic E-state index is 11.2. The average Bonchev–Trinajstić information content (AvgIpc) is 2.95. The molecule has 0 bridgehead atoms. The van der Waals surface area contributed by atoms with E-state index < -0.39 is 5.60 Å². The summed E-state index contributed by atoms with van der Waals surface area (Å²) in [6.07, 6.45) is 8.74. The summed E-state index contributed by atoms with van der Waals surface area (Å²) in [6, 6.07) is 0.626. The first kappa shape index (κ1) is 16.1. The Balaban J connectivity index is 1.56. The number of nitrogens with one attached hydrogen (secondary N) is 1. The fraction of sp³-hybridized carbons (Fsp3) is 1.00. The van der Waals surface area contributed by atoms with E-state index in [2.05, 4.69) is 12.2 Å². The summed E-state index contributed by atoms with van der Waals surface area (Å²) < 4.78 is 6.12. The lowest BCUT2D eigenvalue weighted by atomic mass is 9.68. The molecule has 1 saturated carbocycles. The van der Waals surface area contributed by atoms with Crippen molar-refractivity contribution in [3.8, 4) is 0 Å². The summed E-state index contributed by atoms with van der Waals surface area (Å²) in [5, 5.41) is 14.8. The number of thioether (sulfide) groups is 1. The quantitative estimate of drug-likeness (QED) is 0.837. The largest absolute Gasteiger partial charge is 0.390 e.